The molecule has 1 amide bonds. The van der Waals surface area contributed by atoms with Gasteiger partial charge in [-0.1, -0.05) is 18.2 Å². The second-order valence-corrected chi connectivity index (χ2v) is 7.69. The SMILES string of the molecule is CCNC(=NCc1coc(-c2ccccc2)n1)NC1CCN(CC(=O)N(C)C)CC1.I. The van der Waals surface area contributed by atoms with Crippen LogP contribution in [-0.2, 0) is 11.3 Å². The Labute approximate surface area is 201 Å². The van der Waals surface area contributed by atoms with Gasteiger partial charge in [0.1, 0.15) is 12.0 Å². The van der Waals surface area contributed by atoms with Crippen LogP contribution in [0.25, 0.3) is 11.5 Å². The van der Waals surface area contributed by atoms with Gasteiger partial charge in [-0.05, 0) is 31.9 Å². The summed E-state index contributed by atoms with van der Waals surface area (Å²) in [6, 6.07) is 10.2. The highest BCUT2D eigenvalue weighted by Crippen LogP contribution is 2.18. The molecule has 8 nitrogen and oxygen atoms in total. The standard InChI is InChI=1S/C22H32N6O2.HI/c1-4-23-22(26-18-10-12-28(13-11-18)15-20(29)27(2)3)24-14-19-16-30-21(25-19)17-8-6-5-7-9-17;/h5-9,16,18H,4,10-15H2,1-3H3,(H2,23,24,26);1H. The number of carbonyl (C=O) groups is 1. The summed E-state index contributed by atoms with van der Waals surface area (Å²) in [4.78, 5) is 25.0. The van der Waals surface area contributed by atoms with E-state index < -0.39 is 0 Å². The van der Waals surface area contributed by atoms with Crippen LogP contribution in [0.3, 0.4) is 0 Å². The number of aliphatic imine (C=N–C) groups is 1. The van der Waals surface area contributed by atoms with Crippen LogP contribution in [0, 0.1) is 0 Å². The minimum atomic E-state index is 0. The molecule has 0 bridgehead atoms. The molecule has 3 rings (SSSR count). The minimum Gasteiger partial charge on any atom is -0.444 e. The third kappa shape index (κ3) is 7.80. The number of hydrogen-bond acceptors (Lipinski definition) is 5. The van der Waals surface area contributed by atoms with E-state index in [4.69, 9.17) is 4.42 Å². The Balaban J connectivity index is 0.00000341. The molecule has 2 heterocycles. The van der Waals surface area contributed by atoms with Gasteiger partial charge in [-0.15, -0.1) is 24.0 Å². The first kappa shape index (κ1) is 25.1. The molecule has 2 N–H and O–H groups in total. The fourth-order valence-electron chi connectivity index (χ4n) is 3.33. The lowest BCUT2D eigenvalue weighted by Gasteiger charge is -2.33. The summed E-state index contributed by atoms with van der Waals surface area (Å²) in [6.07, 6.45) is 3.62. The highest BCUT2D eigenvalue weighted by atomic mass is 127. The number of oxazole rings is 1. The van der Waals surface area contributed by atoms with Gasteiger partial charge in [-0.25, -0.2) is 9.98 Å². The van der Waals surface area contributed by atoms with Crippen LogP contribution in [0.15, 0.2) is 46.0 Å². The molecule has 0 aliphatic carbocycles. The number of hydrogen-bond donors (Lipinski definition) is 2. The van der Waals surface area contributed by atoms with Crippen LogP contribution < -0.4 is 10.6 Å². The van der Waals surface area contributed by atoms with Crippen molar-refractivity contribution in [2.75, 3.05) is 40.3 Å². The molecule has 1 aromatic heterocycles. The number of halogens is 1. The third-order valence-electron chi connectivity index (χ3n) is 5.10. The number of nitrogens with zero attached hydrogens (tertiary/aromatic N) is 4. The maximum absolute atomic E-state index is 11.9. The molecule has 1 aliphatic heterocycles. The van der Waals surface area contributed by atoms with Crippen molar-refractivity contribution < 1.29 is 9.21 Å². The second kappa shape index (κ2) is 12.7. The molecular formula is C22H33IN6O2. The number of amides is 1. The van der Waals surface area contributed by atoms with Crippen LogP contribution in [0.1, 0.15) is 25.5 Å². The summed E-state index contributed by atoms with van der Waals surface area (Å²) in [5.41, 5.74) is 1.75. The summed E-state index contributed by atoms with van der Waals surface area (Å²) in [5.74, 6) is 1.54. The Morgan fingerprint density at radius 1 is 1.26 bits per heavy atom. The third-order valence-corrected chi connectivity index (χ3v) is 5.10. The fraction of sp³-hybridized carbons (Fsp3) is 0.500. The lowest BCUT2D eigenvalue weighted by Crippen LogP contribution is -2.50. The van der Waals surface area contributed by atoms with Crippen molar-refractivity contribution in [3.63, 3.8) is 0 Å². The summed E-state index contributed by atoms with van der Waals surface area (Å²) in [5, 5.41) is 6.82. The minimum absolute atomic E-state index is 0. The Hall–Kier alpha value is -2.14. The first-order valence-corrected chi connectivity index (χ1v) is 10.5. The topological polar surface area (TPSA) is 86.0 Å². The van der Waals surface area contributed by atoms with Crippen molar-refractivity contribution in [2.45, 2.75) is 32.4 Å². The first-order chi connectivity index (χ1) is 14.5. The molecule has 0 radical (unpaired) electrons. The van der Waals surface area contributed by atoms with Crippen molar-refractivity contribution in [3.05, 3.63) is 42.3 Å². The number of piperidine rings is 1. The molecule has 170 valence electrons. The van der Waals surface area contributed by atoms with Crippen LogP contribution in [0.2, 0.25) is 0 Å². The van der Waals surface area contributed by atoms with E-state index >= 15 is 0 Å². The van der Waals surface area contributed by atoms with E-state index in [0.717, 1.165) is 49.7 Å². The van der Waals surface area contributed by atoms with Gasteiger partial charge in [-0.2, -0.15) is 0 Å². The first-order valence-electron chi connectivity index (χ1n) is 10.5. The molecule has 31 heavy (non-hydrogen) atoms. The highest BCUT2D eigenvalue weighted by Gasteiger charge is 2.22. The maximum atomic E-state index is 11.9. The Bertz CT molecular complexity index is 832. The molecule has 9 heteroatoms. The molecular weight excluding hydrogens is 507 g/mol. The zero-order chi connectivity index (χ0) is 21.3. The maximum Gasteiger partial charge on any atom is 0.236 e. The number of rotatable bonds is 7. The number of nitrogens with one attached hydrogen (secondary N) is 2. The fourth-order valence-corrected chi connectivity index (χ4v) is 3.33. The summed E-state index contributed by atoms with van der Waals surface area (Å²) >= 11 is 0. The lowest BCUT2D eigenvalue weighted by molar-refractivity contribution is -0.130. The molecule has 0 atom stereocenters. The zero-order valence-electron chi connectivity index (χ0n) is 18.5. The van der Waals surface area contributed by atoms with Crippen LogP contribution in [0.4, 0.5) is 0 Å². The van der Waals surface area contributed by atoms with E-state index in [1.807, 2.05) is 30.3 Å². The van der Waals surface area contributed by atoms with Gasteiger partial charge >= 0.3 is 0 Å². The lowest BCUT2D eigenvalue weighted by atomic mass is 10.1. The Morgan fingerprint density at radius 3 is 2.61 bits per heavy atom. The molecule has 2 aromatic rings. The summed E-state index contributed by atoms with van der Waals surface area (Å²) in [6.45, 7) is 5.58. The van der Waals surface area contributed by atoms with Gasteiger partial charge in [0.2, 0.25) is 11.8 Å². The molecule has 1 saturated heterocycles. The van der Waals surface area contributed by atoms with Crippen molar-refractivity contribution in [2.24, 2.45) is 4.99 Å². The number of likely N-dealkylation sites (tertiary alicyclic amines) is 1. The number of guanidine groups is 1. The van der Waals surface area contributed by atoms with Crippen molar-refractivity contribution >= 4 is 35.8 Å². The highest BCUT2D eigenvalue weighted by molar-refractivity contribution is 14.0. The monoisotopic (exact) mass is 540 g/mol. The quantitative estimate of drug-likeness (QED) is 0.319. The van der Waals surface area contributed by atoms with E-state index in [1.54, 1.807) is 25.3 Å². The average molecular weight is 540 g/mol. The predicted molar refractivity (Wildman–Crippen MR) is 133 cm³/mol. The van der Waals surface area contributed by atoms with Gasteiger partial charge in [0.05, 0.1) is 13.1 Å². The smallest absolute Gasteiger partial charge is 0.236 e. The number of aromatic nitrogens is 1. The molecule has 1 aromatic carbocycles. The number of benzene rings is 1. The van der Waals surface area contributed by atoms with Crippen LogP contribution >= 0.6 is 24.0 Å². The largest absolute Gasteiger partial charge is 0.444 e. The van der Waals surface area contributed by atoms with E-state index in [2.05, 4.69) is 32.4 Å². The van der Waals surface area contributed by atoms with Gasteiger partial charge in [0, 0.05) is 45.3 Å². The zero-order valence-corrected chi connectivity index (χ0v) is 20.8. The molecule has 1 aliphatic rings. The van der Waals surface area contributed by atoms with E-state index in [9.17, 15) is 4.79 Å². The normalized spacial score (nSPS) is 15.3. The predicted octanol–water partition coefficient (Wildman–Crippen LogP) is 2.57. The van der Waals surface area contributed by atoms with E-state index in [0.29, 0.717) is 25.0 Å². The molecule has 1 fully saturated rings. The van der Waals surface area contributed by atoms with Crippen LogP contribution in [-0.4, -0.2) is 73.0 Å². The Morgan fingerprint density at radius 2 is 1.97 bits per heavy atom. The molecule has 0 saturated carbocycles. The summed E-state index contributed by atoms with van der Waals surface area (Å²) < 4.78 is 5.60. The Kier molecular flexibility index (Phi) is 10.3. The average Bonchev–Trinajstić information content (AvgIpc) is 3.23. The van der Waals surface area contributed by atoms with Gasteiger partial charge in [-0.3, -0.25) is 9.69 Å². The number of likely N-dealkylation sites (N-methyl/N-ethyl adjacent to an activating group) is 1. The van der Waals surface area contributed by atoms with Crippen LogP contribution in [0.5, 0.6) is 0 Å². The van der Waals surface area contributed by atoms with E-state index in [-0.39, 0.29) is 29.9 Å². The second-order valence-electron chi connectivity index (χ2n) is 7.69. The summed E-state index contributed by atoms with van der Waals surface area (Å²) in [7, 11) is 3.60. The number of carbonyl (C=O) groups excluding carboxylic acids is 1. The molecule has 0 unspecified atom stereocenters. The van der Waals surface area contributed by atoms with Gasteiger partial charge in [0.25, 0.3) is 0 Å². The van der Waals surface area contributed by atoms with Gasteiger partial charge in [0.15, 0.2) is 5.96 Å². The molecule has 0 spiro atoms. The van der Waals surface area contributed by atoms with Gasteiger partial charge < -0.3 is 20.0 Å². The van der Waals surface area contributed by atoms with Crippen molar-refractivity contribution in [1.29, 1.82) is 0 Å². The van der Waals surface area contributed by atoms with Crippen molar-refractivity contribution in [1.82, 2.24) is 25.4 Å². The van der Waals surface area contributed by atoms with E-state index in [1.165, 1.54) is 0 Å². The van der Waals surface area contributed by atoms with Crippen molar-refractivity contribution in [3.8, 4) is 11.5 Å².